The molecule has 4 heteroatoms. The zero-order valence-electron chi connectivity index (χ0n) is 12.5. The molecule has 2 rings (SSSR count). The van der Waals surface area contributed by atoms with Gasteiger partial charge in [0.05, 0.1) is 13.7 Å². The van der Waals surface area contributed by atoms with Crippen LogP contribution in [0.15, 0.2) is 48.5 Å². The van der Waals surface area contributed by atoms with Crippen LogP contribution in [0.5, 0.6) is 5.75 Å². The number of ketones is 1. The van der Waals surface area contributed by atoms with Crippen LogP contribution in [-0.4, -0.2) is 20.0 Å². The van der Waals surface area contributed by atoms with E-state index in [1.165, 1.54) is 0 Å². The molecule has 0 heterocycles. The van der Waals surface area contributed by atoms with Crippen LogP contribution < -0.4 is 4.74 Å². The van der Waals surface area contributed by atoms with Crippen molar-refractivity contribution in [2.45, 2.75) is 6.61 Å². The third kappa shape index (κ3) is 4.20. The minimum absolute atomic E-state index is 0.0741. The second-order valence-electron chi connectivity index (χ2n) is 4.71. The van der Waals surface area contributed by atoms with Gasteiger partial charge in [0.2, 0.25) is 0 Å². The van der Waals surface area contributed by atoms with E-state index in [9.17, 15) is 4.79 Å². The summed E-state index contributed by atoms with van der Waals surface area (Å²) in [4.78, 5) is 12.2. The molecule has 114 valence electrons. The topological polar surface area (TPSA) is 35.5 Å². The van der Waals surface area contributed by atoms with Gasteiger partial charge in [0.1, 0.15) is 5.75 Å². The number of carbonyl (C=O) groups is 1. The van der Waals surface area contributed by atoms with E-state index in [-0.39, 0.29) is 5.78 Å². The predicted octanol–water partition coefficient (Wildman–Crippen LogP) is 4.39. The summed E-state index contributed by atoms with van der Waals surface area (Å²) in [5.74, 6) is 0.634. The molecule has 0 N–H and O–H groups in total. The van der Waals surface area contributed by atoms with Gasteiger partial charge in [-0.3, -0.25) is 4.79 Å². The van der Waals surface area contributed by atoms with Crippen LogP contribution in [0.4, 0.5) is 0 Å². The molecular weight excluding hydrogens is 300 g/mol. The molecular formula is C18H17ClO3. The molecule has 2 aromatic carbocycles. The summed E-state index contributed by atoms with van der Waals surface area (Å²) in [5, 5.41) is 0.669. The van der Waals surface area contributed by atoms with Crippen LogP contribution >= 0.6 is 11.6 Å². The van der Waals surface area contributed by atoms with Crippen LogP contribution in [-0.2, 0) is 11.3 Å². The minimum Gasteiger partial charge on any atom is -0.496 e. The van der Waals surface area contributed by atoms with Crippen molar-refractivity contribution in [3.8, 4) is 5.75 Å². The number of hydrogen-bond acceptors (Lipinski definition) is 3. The van der Waals surface area contributed by atoms with Gasteiger partial charge in [0.25, 0.3) is 0 Å². The molecule has 0 aliphatic carbocycles. The number of benzene rings is 2. The summed E-state index contributed by atoms with van der Waals surface area (Å²) in [7, 11) is 3.20. The second-order valence-corrected chi connectivity index (χ2v) is 5.15. The number of halogens is 1. The molecule has 0 saturated carbocycles. The van der Waals surface area contributed by atoms with Crippen molar-refractivity contribution >= 4 is 23.5 Å². The smallest absolute Gasteiger partial charge is 0.185 e. The molecule has 0 fully saturated rings. The van der Waals surface area contributed by atoms with Crippen molar-refractivity contribution in [3.63, 3.8) is 0 Å². The zero-order chi connectivity index (χ0) is 15.9. The van der Waals surface area contributed by atoms with E-state index in [0.717, 1.165) is 11.1 Å². The third-order valence-electron chi connectivity index (χ3n) is 3.16. The summed E-state index contributed by atoms with van der Waals surface area (Å²) in [6.45, 7) is 0.394. The fourth-order valence-corrected chi connectivity index (χ4v) is 2.17. The van der Waals surface area contributed by atoms with Crippen molar-refractivity contribution < 1.29 is 14.3 Å². The first-order chi connectivity index (χ1) is 10.6. The average molecular weight is 317 g/mol. The molecule has 0 unspecified atom stereocenters. The Kier molecular flexibility index (Phi) is 5.75. The Balaban J connectivity index is 2.18. The maximum atomic E-state index is 12.2. The standard InChI is InChI=1S/C18H17ClO3/c1-21-12-15-11-14(6-10-18(15)22-2)17(20)9-5-13-3-7-16(19)8-4-13/h3-11H,12H2,1-2H3/b9-5+. The summed E-state index contributed by atoms with van der Waals surface area (Å²) in [6, 6.07) is 12.6. The Morgan fingerprint density at radius 3 is 2.50 bits per heavy atom. The Morgan fingerprint density at radius 2 is 1.86 bits per heavy atom. The number of carbonyl (C=O) groups excluding carboxylic acids is 1. The van der Waals surface area contributed by atoms with Crippen LogP contribution in [0.2, 0.25) is 5.02 Å². The first-order valence-electron chi connectivity index (χ1n) is 6.78. The highest BCUT2D eigenvalue weighted by molar-refractivity contribution is 6.30. The lowest BCUT2D eigenvalue weighted by atomic mass is 10.1. The van der Waals surface area contributed by atoms with E-state index in [4.69, 9.17) is 21.1 Å². The predicted molar refractivity (Wildman–Crippen MR) is 88.5 cm³/mol. The maximum Gasteiger partial charge on any atom is 0.185 e. The third-order valence-corrected chi connectivity index (χ3v) is 3.41. The molecule has 0 aliphatic heterocycles. The molecule has 0 radical (unpaired) electrons. The highest BCUT2D eigenvalue weighted by atomic mass is 35.5. The molecule has 2 aromatic rings. The van der Waals surface area contributed by atoms with Gasteiger partial charge in [-0.25, -0.2) is 0 Å². The molecule has 3 nitrogen and oxygen atoms in total. The Bertz CT molecular complexity index is 675. The molecule has 0 bridgehead atoms. The highest BCUT2D eigenvalue weighted by Gasteiger charge is 2.08. The second kappa shape index (κ2) is 7.78. The van der Waals surface area contributed by atoms with Gasteiger partial charge in [-0.05, 0) is 42.0 Å². The highest BCUT2D eigenvalue weighted by Crippen LogP contribution is 2.21. The quantitative estimate of drug-likeness (QED) is 0.585. The molecule has 0 saturated heterocycles. The molecule has 0 aromatic heterocycles. The van der Waals surface area contributed by atoms with Crippen molar-refractivity contribution in [1.29, 1.82) is 0 Å². The molecule has 0 spiro atoms. The van der Waals surface area contributed by atoms with Gasteiger partial charge in [-0.15, -0.1) is 0 Å². The number of allylic oxidation sites excluding steroid dienone is 1. The van der Waals surface area contributed by atoms with Crippen LogP contribution in [0.25, 0.3) is 6.08 Å². The van der Waals surface area contributed by atoms with Gasteiger partial charge in [-0.1, -0.05) is 29.8 Å². The maximum absolute atomic E-state index is 12.2. The Labute approximate surface area is 135 Å². The van der Waals surface area contributed by atoms with E-state index in [2.05, 4.69) is 0 Å². The van der Waals surface area contributed by atoms with E-state index >= 15 is 0 Å². The van der Waals surface area contributed by atoms with Crippen LogP contribution in [0.3, 0.4) is 0 Å². The van der Waals surface area contributed by atoms with Gasteiger partial charge in [0.15, 0.2) is 5.78 Å². The average Bonchev–Trinajstić information content (AvgIpc) is 2.54. The van der Waals surface area contributed by atoms with Gasteiger partial charge in [0, 0.05) is 23.3 Å². The van der Waals surface area contributed by atoms with Crippen molar-refractivity contribution in [2.75, 3.05) is 14.2 Å². The van der Waals surface area contributed by atoms with E-state index < -0.39 is 0 Å². The van der Waals surface area contributed by atoms with E-state index in [1.807, 2.05) is 12.1 Å². The SMILES string of the molecule is COCc1cc(C(=O)/C=C/c2ccc(Cl)cc2)ccc1OC. The lowest BCUT2D eigenvalue weighted by Gasteiger charge is -2.08. The van der Waals surface area contributed by atoms with Crippen LogP contribution in [0, 0.1) is 0 Å². The minimum atomic E-state index is -0.0741. The fourth-order valence-electron chi connectivity index (χ4n) is 2.04. The van der Waals surface area contributed by atoms with Crippen LogP contribution in [0.1, 0.15) is 21.5 Å². The normalized spacial score (nSPS) is 10.9. The van der Waals surface area contributed by atoms with E-state index in [1.54, 1.807) is 56.7 Å². The van der Waals surface area contributed by atoms with Crippen molar-refractivity contribution in [3.05, 3.63) is 70.3 Å². The Hall–Kier alpha value is -2.10. The molecule has 0 atom stereocenters. The number of hydrogen-bond donors (Lipinski definition) is 0. The lowest BCUT2D eigenvalue weighted by Crippen LogP contribution is -1.99. The summed E-state index contributed by atoms with van der Waals surface area (Å²) >= 11 is 5.83. The summed E-state index contributed by atoms with van der Waals surface area (Å²) in [6.07, 6.45) is 3.31. The molecule has 22 heavy (non-hydrogen) atoms. The molecule has 0 amide bonds. The molecule has 0 aliphatic rings. The first-order valence-corrected chi connectivity index (χ1v) is 7.15. The summed E-state index contributed by atoms with van der Waals surface area (Å²) < 4.78 is 10.4. The van der Waals surface area contributed by atoms with Gasteiger partial charge in [-0.2, -0.15) is 0 Å². The number of methoxy groups -OCH3 is 2. The number of rotatable bonds is 6. The first kappa shape index (κ1) is 16.3. The van der Waals surface area contributed by atoms with E-state index in [0.29, 0.717) is 22.9 Å². The summed E-state index contributed by atoms with van der Waals surface area (Å²) in [5.41, 5.74) is 2.36. The van der Waals surface area contributed by atoms with Gasteiger partial charge >= 0.3 is 0 Å². The monoisotopic (exact) mass is 316 g/mol. The number of ether oxygens (including phenoxy) is 2. The van der Waals surface area contributed by atoms with Gasteiger partial charge < -0.3 is 9.47 Å². The zero-order valence-corrected chi connectivity index (χ0v) is 13.3. The fraction of sp³-hybridized carbons (Fsp3) is 0.167. The largest absolute Gasteiger partial charge is 0.496 e. The van der Waals surface area contributed by atoms with Crippen molar-refractivity contribution in [1.82, 2.24) is 0 Å². The lowest BCUT2D eigenvalue weighted by molar-refractivity contribution is 0.104. The Morgan fingerprint density at radius 1 is 1.14 bits per heavy atom. The van der Waals surface area contributed by atoms with Crippen molar-refractivity contribution in [2.24, 2.45) is 0 Å².